The van der Waals surface area contributed by atoms with Crippen molar-refractivity contribution in [2.45, 2.75) is 19.4 Å². The van der Waals surface area contributed by atoms with Crippen LogP contribution in [0.2, 0.25) is 0 Å². The number of rotatable bonds is 3. The van der Waals surface area contributed by atoms with Crippen molar-refractivity contribution < 1.29 is 14.3 Å². The molecule has 1 aromatic heterocycles. The summed E-state index contributed by atoms with van der Waals surface area (Å²) in [5.74, 6) is 0.635. The number of fused-ring (bicyclic) bond motifs is 1. The first-order valence-electron chi connectivity index (χ1n) is 5.92. The molecule has 0 aliphatic carbocycles. The summed E-state index contributed by atoms with van der Waals surface area (Å²) in [7, 11) is 1.56. The van der Waals surface area contributed by atoms with E-state index in [1.54, 1.807) is 51.3 Å². The largest absolute Gasteiger partial charge is 0.497 e. The molecule has 0 saturated heterocycles. The van der Waals surface area contributed by atoms with Crippen LogP contribution in [0, 0.1) is 0 Å². The zero-order valence-corrected chi connectivity index (χ0v) is 11.1. The normalized spacial score (nSPS) is 12.2. The molecular formula is C15H16O4. The first kappa shape index (κ1) is 13.4. The average Bonchev–Trinajstić information content (AvgIpc) is 2.34. The first-order chi connectivity index (χ1) is 8.89. The van der Waals surface area contributed by atoms with Crippen molar-refractivity contribution >= 4 is 17.0 Å². The minimum atomic E-state index is -0.971. The maximum Gasteiger partial charge on any atom is 0.343 e. The summed E-state index contributed by atoms with van der Waals surface area (Å²) in [4.78, 5) is 11.8. The second-order valence-electron chi connectivity index (χ2n) is 4.88. The maximum atomic E-state index is 11.8. The summed E-state index contributed by atoms with van der Waals surface area (Å²) in [5, 5.41) is 10.4. The molecule has 4 nitrogen and oxygen atoms in total. The van der Waals surface area contributed by atoms with Crippen molar-refractivity contribution in [2.75, 3.05) is 7.11 Å². The van der Waals surface area contributed by atoms with Crippen LogP contribution in [0.15, 0.2) is 39.6 Å². The van der Waals surface area contributed by atoms with Gasteiger partial charge in [0.2, 0.25) is 0 Å². The van der Waals surface area contributed by atoms with Gasteiger partial charge in [-0.2, -0.15) is 0 Å². The van der Waals surface area contributed by atoms with E-state index in [-0.39, 0.29) is 0 Å². The van der Waals surface area contributed by atoms with E-state index in [0.29, 0.717) is 16.9 Å². The second-order valence-corrected chi connectivity index (χ2v) is 4.88. The summed E-state index contributed by atoms with van der Waals surface area (Å²) >= 11 is 0. The van der Waals surface area contributed by atoms with Crippen LogP contribution in [0.4, 0.5) is 0 Å². The highest BCUT2D eigenvalue weighted by Crippen LogP contribution is 2.20. The Balaban J connectivity index is 2.51. The van der Waals surface area contributed by atoms with Crippen LogP contribution in [-0.2, 0) is 0 Å². The Kier molecular flexibility index (Phi) is 3.44. The van der Waals surface area contributed by atoms with Crippen LogP contribution in [0.1, 0.15) is 19.4 Å². The topological polar surface area (TPSA) is 59.7 Å². The van der Waals surface area contributed by atoms with Crippen molar-refractivity contribution in [1.29, 1.82) is 0 Å². The third kappa shape index (κ3) is 3.23. The molecule has 2 rings (SSSR count). The van der Waals surface area contributed by atoms with Gasteiger partial charge in [-0.3, -0.25) is 0 Å². The number of hydrogen-bond acceptors (Lipinski definition) is 4. The minimum Gasteiger partial charge on any atom is -0.497 e. The second kappa shape index (κ2) is 4.90. The summed E-state index contributed by atoms with van der Waals surface area (Å²) < 4.78 is 10.3. The van der Waals surface area contributed by atoms with E-state index >= 15 is 0 Å². The number of benzene rings is 1. The van der Waals surface area contributed by atoms with E-state index in [2.05, 4.69) is 0 Å². The molecule has 1 N–H and O–H groups in total. The molecular weight excluding hydrogens is 244 g/mol. The third-order valence-electron chi connectivity index (χ3n) is 2.64. The minimum absolute atomic E-state index is 0.403. The molecule has 19 heavy (non-hydrogen) atoms. The summed E-state index contributed by atoms with van der Waals surface area (Å²) in [6, 6.07) is 7.01. The predicted octanol–water partition coefficient (Wildman–Crippen LogP) is 2.59. The standard InChI is InChI=1S/C15H16O4/c1-15(2,17)7-6-11-8-10-4-5-12(18-3)9-13(10)19-14(11)16/h4-9,17H,1-3H3/b7-6+. The van der Waals surface area contributed by atoms with E-state index in [9.17, 15) is 9.90 Å². The third-order valence-corrected chi connectivity index (χ3v) is 2.64. The Labute approximate surface area is 110 Å². The van der Waals surface area contributed by atoms with Crippen molar-refractivity contribution in [3.63, 3.8) is 0 Å². The monoisotopic (exact) mass is 260 g/mol. The van der Waals surface area contributed by atoms with Gasteiger partial charge in [-0.1, -0.05) is 6.08 Å². The van der Waals surface area contributed by atoms with Crippen LogP contribution in [-0.4, -0.2) is 17.8 Å². The number of methoxy groups -OCH3 is 1. The lowest BCUT2D eigenvalue weighted by molar-refractivity contribution is 0.134. The van der Waals surface area contributed by atoms with Crippen LogP contribution in [0.5, 0.6) is 5.75 Å². The zero-order chi connectivity index (χ0) is 14.0. The Bertz CT molecular complexity index is 675. The SMILES string of the molecule is COc1ccc2cc(/C=C/C(C)(C)O)c(=O)oc2c1. The molecule has 1 aromatic carbocycles. The molecule has 100 valence electrons. The molecule has 0 aliphatic heterocycles. The maximum absolute atomic E-state index is 11.8. The number of hydrogen-bond donors (Lipinski definition) is 1. The number of ether oxygens (including phenoxy) is 1. The molecule has 0 spiro atoms. The highest BCUT2D eigenvalue weighted by Gasteiger charge is 2.08. The van der Waals surface area contributed by atoms with Crippen molar-refractivity contribution in [2.24, 2.45) is 0 Å². The summed E-state index contributed by atoms with van der Waals surface area (Å²) in [6.07, 6.45) is 3.12. The molecule has 0 amide bonds. The van der Waals surface area contributed by atoms with Gasteiger partial charge in [0.15, 0.2) is 0 Å². The van der Waals surface area contributed by atoms with Gasteiger partial charge >= 0.3 is 5.63 Å². The summed E-state index contributed by atoms with van der Waals surface area (Å²) in [5.41, 5.74) is -0.535. The van der Waals surface area contributed by atoms with E-state index in [1.807, 2.05) is 6.07 Å². The molecule has 0 radical (unpaired) electrons. The lowest BCUT2D eigenvalue weighted by atomic mass is 10.1. The molecule has 0 bridgehead atoms. The van der Waals surface area contributed by atoms with Crippen molar-refractivity contribution in [3.05, 3.63) is 46.3 Å². The highest BCUT2D eigenvalue weighted by molar-refractivity contribution is 5.80. The van der Waals surface area contributed by atoms with Gasteiger partial charge in [0, 0.05) is 11.5 Å². The fourth-order valence-corrected chi connectivity index (χ4v) is 1.64. The number of aliphatic hydroxyl groups is 1. The van der Waals surface area contributed by atoms with Gasteiger partial charge in [-0.15, -0.1) is 0 Å². The molecule has 0 saturated carbocycles. The van der Waals surface area contributed by atoms with E-state index < -0.39 is 11.2 Å². The van der Waals surface area contributed by atoms with Gasteiger partial charge in [-0.25, -0.2) is 4.79 Å². The molecule has 0 fully saturated rings. The molecule has 4 heteroatoms. The van der Waals surface area contributed by atoms with Crippen LogP contribution in [0.25, 0.3) is 17.0 Å². The van der Waals surface area contributed by atoms with E-state index in [1.165, 1.54) is 0 Å². The lowest BCUT2D eigenvalue weighted by Gasteiger charge is -2.09. The predicted molar refractivity (Wildman–Crippen MR) is 74.4 cm³/mol. The van der Waals surface area contributed by atoms with Gasteiger partial charge < -0.3 is 14.3 Å². The summed E-state index contributed by atoms with van der Waals surface area (Å²) in [6.45, 7) is 3.27. The Hall–Kier alpha value is -2.07. The Morgan fingerprint density at radius 2 is 2.05 bits per heavy atom. The Morgan fingerprint density at radius 3 is 2.68 bits per heavy atom. The quantitative estimate of drug-likeness (QED) is 0.862. The van der Waals surface area contributed by atoms with Crippen molar-refractivity contribution in [1.82, 2.24) is 0 Å². The Morgan fingerprint density at radius 1 is 1.32 bits per heavy atom. The fraction of sp³-hybridized carbons (Fsp3) is 0.267. The molecule has 0 unspecified atom stereocenters. The molecule has 0 aliphatic rings. The fourth-order valence-electron chi connectivity index (χ4n) is 1.64. The smallest absolute Gasteiger partial charge is 0.343 e. The lowest BCUT2D eigenvalue weighted by Crippen LogP contribution is -2.14. The van der Waals surface area contributed by atoms with E-state index in [4.69, 9.17) is 9.15 Å². The van der Waals surface area contributed by atoms with Gasteiger partial charge in [0.1, 0.15) is 11.3 Å². The zero-order valence-electron chi connectivity index (χ0n) is 11.1. The molecule has 2 aromatic rings. The van der Waals surface area contributed by atoms with Crippen molar-refractivity contribution in [3.8, 4) is 5.75 Å². The van der Waals surface area contributed by atoms with Crippen LogP contribution >= 0.6 is 0 Å². The van der Waals surface area contributed by atoms with Crippen LogP contribution in [0.3, 0.4) is 0 Å². The first-order valence-corrected chi connectivity index (χ1v) is 5.92. The van der Waals surface area contributed by atoms with E-state index in [0.717, 1.165) is 5.39 Å². The molecule has 1 heterocycles. The van der Waals surface area contributed by atoms with Crippen LogP contribution < -0.4 is 10.4 Å². The van der Waals surface area contributed by atoms with Gasteiger partial charge in [-0.05, 0) is 38.1 Å². The molecule has 0 atom stereocenters. The van der Waals surface area contributed by atoms with Gasteiger partial charge in [0.25, 0.3) is 0 Å². The van der Waals surface area contributed by atoms with Gasteiger partial charge in [0.05, 0.1) is 18.3 Å². The highest BCUT2D eigenvalue weighted by atomic mass is 16.5. The average molecular weight is 260 g/mol.